The van der Waals surface area contributed by atoms with Gasteiger partial charge in [0.15, 0.2) is 0 Å². The first-order valence-corrected chi connectivity index (χ1v) is 3.23. The lowest BCUT2D eigenvalue weighted by Gasteiger charge is -1.88. The highest BCUT2D eigenvalue weighted by molar-refractivity contribution is 5.83. The third kappa shape index (κ3) is 5.04. The van der Waals surface area contributed by atoms with Gasteiger partial charge in [0.2, 0.25) is 0 Å². The Labute approximate surface area is 62.5 Å². The fourth-order valence-corrected chi connectivity index (χ4v) is 0.493. The van der Waals surface area contributed by atoms with Crippen molar-refractivity contribution < 1.29 is 0 Å². The van der Waals surface area contributed by atoms with Crippen LogP contribution in [0.4, 0.5) is 0 Å². The first-order valence-electron chi connectivity index (χ1n) is 3.23. The van der Waals surface area contributed by atoms with Crippen LogP contribution in [0.2, 0.25) is 0 Å². The molecule has 0 N–H and O–H groups in total. The van der Waals surface area contributed by atoms with E-state index < -0.39 is 0 Å². The average molecular weight is 135 g/mol. The van der Waals surface area contributed by atoms with Crippen LogP contribution in [0.3, 0.4) is 0 Å². The van der Waals surface area contributed by atoms with Crippen LogP contribution in [0.15, 0.2) is 42.6 Å². The minimum absolute atomic E-state index is 0.849. The smallest absolute Gasteiger partial charge is 0.0266 e. The Morgan fingerprint density at radius 2 is 2.20 bits per heavy atom. The van der Waals surface area contributed by atoms with Gasteiger partial charge in [0, 0.05) is 18.3 Å². The average Bonchev–Trinajstić information content (AvgIpc) is 1.89. The minimum Gasteiger partial charge on any atom is -0.266 e. The van der Waals surface area contributed by atoms with E-state index >= 15 is 0 Å². The zero-order chi connectivity index (χ0) is 7.82. The molecule has 0 aliphatic heterocycles. The van der Waals surface area contributed by atoms with Gasteiger partial charge in [0.25, 0.3) is 0 Å². The quantitative estimate of drug-likeness (QED) is 0.319. The topological polar surface area (TPSA) is 12.4 Å². The van der Waals surface area contributed by atoms with Gasteiger partial charge in [-0.15, -0.1) is 6.58 Å². The number of aliphatic imine (C=N–C) groups is 1. The maximum Gasteiger partial charge on any atom is 0.0266 e. The molecule has 1 nitrogen and oxygen atoms in total. The molecule has 0 rings (SSSR count). The van der Waals surface area contributed by atoms with Gasteiger partial charge in [-0.05, 0) is 13.0 Å². The van der Waals surface area contributed by atoms with Crippen LogP contribution < -0.4 is 0 Å². The number of allylic oxidation sites excluding steroid dienone is 3. The van der Waals surface area contributed by atoms with E-state index in [2.05, 4.69) is 18.2 Å². The molecule has 0 aromatic heterocycles. The molecule has 0 saturated carbocycles. The zero-order valence-corrected chi connectivity index (χ0v) is 6.38. The van der Waals surface area contributed by atoms with Crippen LogP contribution in [0, 0.1) is 0 Å². The molecule has 54 valence electrons. The summed E-state index contributed by atoms with van der Waals surface area (Å²) in [6, 6.07) is 0. The summed E-state index contributed by atoms with van der Waals surface area (Å²) in [7, 11) is 0. The van der Waals surface area contributed by atoms with E-state index in [1.807, 2.05) is 13.0 Å². The molecule has 0 atom stereocenters. The number of rotatable bonds is 4. The van der Waals surface area contributed by atoms with Crippen molar-refractivity contribution in [3.63, 3.8) is 0 Å². The highest BCUT2D eigenvalue weighted by Crippen LogP contribution is 1.87. The van der Waals surface area contributed by atoms with Crippen molar-refractivity contribution in [1.82, 2.24) is 0 Å². The summed E-state index contributed by atoms with van der Waals surface area (Å²) < 4.78 is 0. The normalized spacial score (nSPS) is 11.9. The third-order valence-electron chi connectivity index (χ3n) is 0.957. The van der Waals surface area contributed by atoms with Crippen molar-refractivity contribution in [1.29, 1.82) is 0 Å². The van der Waals surface area contributed by atoms with Gasteiger partial charge in [-0.2, -0.15) is 0 Å². The fourth-order valence-electron chi connectivity index (χ4n) is 0.493. The molecule has 0 bridgehead atoms. The second-order valence-corrected chi connectivity index (χ2v) is 1.93. The monoisotopic (exact) mass is 135 g/mol. The van der Waals surface area contributed by atoms with E-state index in [0.29, 0.717) is 0 Å². The van der Waals surface area contributed by atoms with Crippen molar-refractivity contribution in [2.75, 3.05) is 0 Å². The molecular weight excluding hydrogens is 122 g/mol. The van der Waals surface area contributed by atoms with Gasteiger partial charge in [0.1, 0.15) is 0 Å². The summed E-state index contributed by atoms with van der Waals surface area (Å²) >= 11 is 0. The van der Waals surface area contributed by atoms with Crippen molar-refractivity contribution in [3.05, 3.63) is 37.6 Å². The van der Waals surface area contributed by atoms with Crippen LogP contribution in [-0.2, 0) is 0 Å². The van der Waals surface area contributed by atoms with E-state index in [1.165, 1.54) is 0 Å². The van der Waals surface area contributed by atoms with Gasteiger partial charge in [-0.25, -0.2) is 0 Å². The zero-order valence-electron chi connectivity index (χ0n) is 6.38. The fraction of sp³-hybridized carbons (Fsp3) is 0.222. The summed E-state index contributed by atoms with van der Waals surface area (Å²) in [6.45, 7) is 9.10. The molecular formula is C9H13N. The Bertz CT molecular complexity index is 164. The van der Waals surface area contributed by atoms with Crippen LogP contribution in [0.25, 0.3) is 0 Å². The van der Waals surface area contributed by atoms with E-state index in [0.717, 1.165) is 12.1 Å². The van der Waals surface area contributed by atoms with E-state index in [-0.39, 0.29) is 0 Å². The predicted molar refractivity (Wildman–Crippen MR) is 47.3 cm³/mol. The number of hydrogen-bond donors (Lipinski definition) is 0. The maximum absolute atomic E-state index is 4.10. The van der Waals surface area contributed by atoms with Gasteiger partial charge >= 0.3 is 0 Å². The third-order valence-corrected chi connectivity index (χ3v) is 0.957. The second-order valence-electron chi connectivity index (χ2n) is 1.93. The lowest BCUT2D eigenvalue weighted by Crippen LogP contribution is -1.84. The van der Waals surface area contributed by atoms with E-state index in [4.69, 9.17) is 0 Å². The van der Waals surface area contributed by atoms with Crippen LogP contribution in [0.1, 0.15) is 13.3 Å². The Kier molecular flexibility index (Phi) is 5.35. The molecule has 0 fully saturated rings. The van der Waals surface area contributed by atoms with Gasteiger partial charge in [-0.1, -0.05) is 18.7 Å². The second kappa shape index (κ2) is 6.02. The van der Waals surface area contributed by atoms with Crippen molar-refractivity contribution in [2.24, 2.45) is 4.99 Å². The van der Waals surface area contributed by atoms with E-state index in [1.54, 1.807) is 18.4 Å². The van der Waals surface area contributed by atoms with Crippen LogP contribution in [-0.4, -0.2) is 5.71 Å². The lowest BCUT2D eigenvalue weighted by atomic mass is 10.3. The first-order chi connectivity index (χ1) is 4.81. The largest absolute Gasteiger partial charge is 0.266 e. The predicted octanol–water partition coefficient (Wildman–Crippen LogP) is 2.72. The van der Waals surface area contributed by atoms with Crippen LogP contribution >= 0.6 is 0 Å². The van der Waals surface area contributed by atoms with Crippen molar-refractivity contribution in [2.45, 2.75) is 13.3 Å². The Morgan fingerprint density at radius 1 is 1.50 bits per heavy atom. The minimum atomic E-state index is 0.849. The van der Waals surface area contributed by atoms with Crippen molar-refractivity contribution in [3.8, 4) is 0 Å². The molecule has 0 unspecified atom stereocenters. The molecule has 0 radical (unpaired) electrons. The molecule has 0 heterocycles. The summed E-state index contributed by atoms with van der Waals surface area (Å²) in [5.74, 6) is 0. The summed E-state index contributed by atoms with van der Waals surface area (Å²) in [5, 5.41) is 0. The number of nitrogens with zero attached hydrogens (tertiary/aromatic N) is 1. The van der Waals surface area contributed by atoms with Gasteiger partial charge < -0.3 is 0 Å². The first kappa shape index (κ1) is 8.89. The molecule has 0 saturated heterocycles. The van der Waals surface area contributed by atoms with Gasteiger partial charge in [0.05, 0.1) is 0 Å². The highest BCUT2D eigenvalue weighted by atomic mass is 14.7. The molecule has 0 aliphatic rings. The van der Waals surface area contributed by atoms with Crippen molar-refractivity contribution >= 4 is 5.71 Å². The molecule has 1 heteroatoms. The Balaban J connectivity index is 3.77. The summed E-state index contributed by atoms with van der Waals surface area (Å²) in [6.07, 6.45) is 7.91. The molecule has 0 amide bonds. The standard InChI is InChI=1S/C9H13N/c1-4-6-8-10-9(3)7-5-2/h4-6,8H,1-2,7H2,3H3/b8-6-,10-9?. The highest BCUT2D eigenvalue weighted by Gasteiger charge is 1.80. The molecule has 0 aromatic rings. The molecule has 0 aliphatic carbocycles. The summed E-state index contributed by atoms with van der Waals surface area (Å²) in [5.41, 5.74) is 1.06. The van der Waals surface area contributed by atoms with Crippen LogP contribution in [0.5, 0.6) is 0 Å². The maximum atomic E-state index is 4.10. The Morgan fingerprint density at radius 3 is 2.70 bits per heavy atom. The van der Waals surface area contributed by atoms with E-state index in [9.17, 15) is 0 Å². The molecule has 0 spiro atoms. The molecule has 0 aromatic carbocycles. The number of hydrogen-bond acceptors (Lipinski definition) is 1. The van der Waals surface area contributed by atoms with Gasteiger partial charge in [-0.3, -0.25) is 4.99 Å². The SMILES string of the molecule is C=C/C=C\N=C(C)CC=C. The summed E-state index contributed by atoms with van der Waals surface area (Å²) in [4.78, 5) is 4.10. The Hall–Kier alpha value is -1.11. The molecule has 10 heavy (non-hydrogen) atoms. The lowest BCUT2D eigenvalue weighted by molar-refractivity contribution is 1.39.